The van der Waals surface area contributed by atoms with E-state index in [9.17, 15) is 19.1 Å². The van der Waals surface area contributed by atoms with Crippen molar-refractivity contribution in [3.63, 3.8) is 0 Å². The fourth-order valence-electron chi connectivity index (χ4n) is 4.52. The van der Waals surface area contributed by atoms with E-state index in [0.717, 1.165) is 29.7 Å². The van der Waals surface area contributed by atoms with Gasteiger partial charge in [0.15, 0.2) is 0 Å². The van der Waals surface area contributed by atoms with Gasteiger partial charge in [-0.15, -0.1) is 0 Å². The number of benzene rings is 1. The number of rotatable bonds is 2. The van der Waals surface area contributed by atoms with Crippen molar-refractivity contribution < 1.29 is 19.1 Å². The van der Waals surface area contributed by atoms with Crippen LogP contribution in [0.3, 0.4) is 0 Å². The number of nitrogens with one attached hydrogen (secondary N) is 2. The average Bonchev–Trinajstić information content (AvgIpc) is 3.18. The lowest BCUT2D eigenvalue weighted by Gasteiger charge is -2.10. The molecule has 1 aliphatic heterocycles. The molecule has 0 radical (unpaired) electrons. The summed E-state index contributed by atoms with van der Waals surface area (Å²) in [5, 5.41) is 12.5. The highest BCUT2D eigenvalue weighted by Gasteiger charge is 2.45. The molecule has 6 heteroatoms. The van der Waals surface area contributed by atoms with Crippen LogP contribution in [0.5, 0.6) is 0 Å². The minimum Gasteiger partial charge on any atom is -0.478 e. The maximum absolute atomic E-state index is 13.8. The number of carbonyl (C=O) groups is 2. The summed E-state index contributed by atoms with van der Waals surface area (Å²) in [4.78, 5) is 27.6. The topological polar surface area (TPSA) is 82.2 Å². The SMILES string of the molecule is Cc1[nH]c2c(c1C(=O)O)C(C1CC1)C/C2=C1/C(=O)Nc2ccc(F)cc21. The predicted molar refractivity (Wildman–Crippen MR) is 94.4 cm³/mol. The van der Waals surface area contributed by atoms with Crippen molar-refractivity contribution in [1.82, 2.24) is 4.98 Å². The number of hydrogen-bond donors (Lipinski definition) is 3. The number of aromatic nitrogens is 1. The fraction of sp³-hybridized carbons (Fsp3) is 0.300. The highest BCUT2D eigenvalue weighted by molar-refractivity contribution is 6.37. The lowest BCUT2D eigenvalue weighted by atomic mass is 9.92. The van der Waals surface area contributed by atoms with E-state index in [2.05, 4.69) is 10.3 Å². The first-order chi connectivity index (χ1) is 12.5. The quantitative estimate of drug-likeness (QED) is 0.717. The number of carbonyl (C=O) groups excluding carboxylic acids is 1. The maximum atomic E-state index is 13.8. The number of fused-ring (bicyclic) bond motifs is 2. The Morgan fingerprint density at radius 1 is 1.31 bits per heavy atom. The summed E-state index contributed by atoms with van der Waals surface area (Å²) in [6.45, 7) is 1.75. The van der Waals surface area contributed by atoms with Crippen LogP contribution in [-0.4, -0.2) is 22.0 Å². The molecule has 26 heavy (non-hydrogen) atoms. The van der Waals surface area contributed by atoms with Gasteiger partial charge >= 0.3 is 5.97 Å². The molecule has 1 atom stereocenters. The van der Waals surface area contributed by atoms with Crippen LogP contribution in [0.1, 0.15) is 58.1 Å². The molecule has 1 aromatic carbocycles. The predicted octanol–water partition coefficient (Wildman–Crippen LogP) is 3.92. The minimum absolute atomic E-state index is 0.106. The van der Waals surface area contributed by atoms with Crippen molar-refractivity contribution in [3.05, 3.63) is 52.1 Å². The van der Waals surface area contributed by atoms with E-state index in [1.807, 2.05) is 0 Å². The fourth-order valence-corrected chi connectivity index (χ4v) is 4.52. The Balaban J connectivity index is 1.77. The summed E-state index contributed by atoms with van der Waals surface area (Å²) >= 11 is 0. The van der Waals surface area contributed by atoms with Gasteiger partial charge in [-0.3, -0.25) is 4.79 Å². The van der Waals surface area contributed by atoms with Crippen LogP contribution in [-0.2, 0) is 4.79 Å². The Bertz CT molecular complexity index is 1030. The van der Waals surface area contributed by atoms with E-state index in [-0.39, 0.29) is 11.8 Å². The van der Waals surface area contributed by atoms with Crippen LogP contribution < -0.4 is 5.32 Å². The molecule has 0 spiro atoms. The number of amides is 1. The zero-order valence-electron chi connectivity index (χ0n) is 14.1. The van der Waals surface area contributed by atoms with Crippen LogP contribution in [0.15, 0.2) is 18.2 Å². The molecule has 0 saturated heterocycles. The first kappa shape index (κ1) is 15.4. The van der Waals surface area contributed by atoms with E-state index in [1.54, 1.807) is 13.0 Å². The summed E-state index contributed by atoms with van der Waals surface area (Å²) < 4.78 is 13.8. The zero-order valence-corrected chi connectivity index (χ0v) is 14.1. The molecule has 2 heterocycles. The number of aromatic carboxylic acids is 1. The maximum Gasteiger partial charge on any atom is 0.337 e. The molecule has 1 saturated carbocycles. The van der Waals surface area contributed by atoms with E-state index in [1.165, 1.54) is 12.1 Å². The van der Waals surface area contributed by atoms with Crippen molar-refractivity contribution in [2.24, 2.45) is 5.92 Å². The molecule has 5 rings (SSSR count). The third-order valence-electron chi connectivity index (χ3n) is 5.76. The second-order valence-electron chi connectivity index (χ2n) is 7.36. The average molecular weight is 352 g/mol. The van der Waals surface area contributed by atoms with E-state index >= 15 is 0 Å². The Kier molecular flexibility index (Phi) is 2.99. The summed E-state index contributed by atoms with van der Waals surface area (Å²) in [7, 11) is 0. The molecule has 1 amide bonds. The number of halogens is 1. The number of carboxylic acids is 1. The second kappa shape index (κ2) is 5.06. The summed E-state index contributed by atoms with van der Waals surface area (Å²) in [6.07, 6.45) is 2.77. The van der Waals surface area contributed by atoms with Crippen molar-refractivity contribution in [3.8, 4) is 0 Å². The molecule has 132 valence electrons. The number of allylic oxidation sites excluding steroid dienone is 1. The number of carboxylic acid groups (broad SMARTS) is 1. The first-order valence-electron chi connectivity index (χ1n) is 8.76. The van der Waals surface area contributed by atoms with Gasteiger partial charge in [0.25, 0.3) is 5.91 Å². The first-order valence-corrected chi connectivity index (χ1v) is 8.76. The molecule has 5 nitrogen and oxygen atoms in total. The van der Waals surface area contributed by atoms with Crippen LogP contribution >= 0.6 is 0 Å². The summed E-state index contributed by atoms with van der Waals surface area (Å²) in [6, 6.07) is 4.25. The molecule has 3 aliphatic rings. The number of aryl methyl sites for hydroxylation is 1. The number of H-pyrrole nitrogens is 1. The van der Waals surface area contributed by atoms with Gasteiger partial charge in [-0.1, -0.05) is 0 Å². The largest absolute Gasteiger partial charge is 0.478 e. The molecule has 1 unspecified atom stereocenters. The molecule has 2 aromatic rings. The van der Waals surface area contributed by atoms with E-state index in [0.29, 0.717) is 40.4 Å². The molecular weight excluding hydrogens is 335 g/mol. The zero-order chi connectivity index (χ0) is 18.2. The van der Waals surface area contributed by atoms with Crippen molar-refractivity contribution in [2.75, 3.05) is 5.32 Å². The van der Waals surface area contributed by atoms with Crippen molar-refractivity contribution in [1.29, 1.82) is 0 Å². The van der Waals surface area contributed by atoms with Crippen LogP contribution in [0.4, 0.5) is 10.1 Å². The lowest BCUT2D eigenvalue weighted by Crippen LogP contribution is -2.06. The van der Waals surface area contributed by atoms with E-state index in [4.69, 9.17) is 0 Å². The van der Waals surface area contributed by atoms with Gasteiger partial charge in [-0.25, -0.2) is 9.18 Å². The van der Waals surface area contributed by atoms with Gasteiger partial charge in [0.2, 0.25) is 0 Å². The Labute approximate surface area is 148 Å². The second-order valence-corrected chi connectivity index (χ2v) is 7.36. The van der Waals surface area contributed by atoms with Gasteiger partial charge in [0, 0.05) is 22.6 Å². The minimum atomic E-state index is -0.945. The highest BCUT2D eigenvalue weighted by atomic mass is 19.1. The molecule has 1 fully saturated rings. The Morgan fingerprint density at radius 3 is 2.77 bits per heavy atom. The molecular formula is C20H17FN2O3. The van der Waals surface area contributed by atoms with Crippen LogP contribution in [0, 0.1) is 18.7 Å². The Morgan fingerprint density at radius 2 is 2.08 bits per heavy atom. The summed E-state index contributed by atoms with van der Waals surface area (Å²) in [5.41, 5.74) is 4.89. The lowest BCUT2D eigenvalue weighted by molar-refractivity contribution is -0.110. The number of aromatic amines is 1. The van der Waals surface area contributed by atoms with Gasteiger partial charge < -0.3 is 15.4 Å². The Hall–Kier alpha value is -2.89. The van der Waals surface area contributed by atoms with Gasteiger partial charge in [-0.2, -0.15) is 0 Å². The van der Waals surface area contributed by atoms with Crippen molar-refractivity contribution >= 4 is 28.7 Å². The monoisotopic (exact) mass is 352 g/mol. The molecule has 0 bridgehead atoms. The third kappa shape index (κ3) is 2.01. The number of anilines is 1. The highest BCUT2D eigenvalue weighted by Crippen LogP contribution is 2.56. The number of hydrogen-bond acceptors (Lipinski definition) is 2. The smallest absolute Gasteiger partial charge is 0.337 e. The van der Waals surface area contributed by atoms with E-state index < -0.39 is 11.8 Å². The third-order valence-corrected chi connectivity index (χ3v) is 5.76. The standard InChI is InChI=1S/C20H17FN2O3/c1-8-15(20(25)26)17-11(9-2-3-9)7-13(18(17)22-8)16-12-6-10(21)4-5-14(12)23-19(16)24/h4-6,9,11,22H,2-3,7H2,1H3,(H,23,24)(H,25,26)/b16-13-. The summed E-state index contributed by atoms with van der Waals surface area (Å²) in [5.74, 6) is -1.04. The molecule has 2 aliphatic carbocycles. The normalized spacial score (nSPS) is 23.8. The van der Waals surface area contributed by atoms with Gasteiger partial charge in [0.05, 0.1) is 11.1 Å². The molecule has 1 aromatic heterocycles. The van der Waals surface area contributed by atoms with Crippen LogP contribution in [0.25, 0.3) is 11.1 Å². The van der Waals surface area contributed by atoms with Gasteiger partial charge in [-0.05, 0) is 67.4 Å². The van der Waals surface area contributed by atoms with Crippen LogP contribution in [0.2, 0.25) is 0 Å². The van der Waals surface area contributed by atoms with Gasteiger partial charge in [0.1, 0.15) is 5.82 Å². The molecule has 3 N–H and O–H groups in total. The van der Waals surface area contributed by atoms with Crippen molar-refractivity contribution in [2.45, 2.75) is 32.1 Å².